The Kier molecular flexibility index (Phi) is 5.32. The molecule has 5 heteroatoms. The highest BCUT2D eigenvalue weighted by molar-refractivity contribution is 6.42. The molecule has 1 aromatic rings. The van der Waals surface area contributed by atoms with Crippen LogP contribution in [0, 0.1) is 0 Å². The van der Waals surface area contributed by atoms with Crippen molar-refractivity contribution in [3.05, 3.63) is 40.4 Å². The van der Waals surface area contributed by atoms with E-state index in [4.69, 9.17) is 27.9 Å². The maximum atomic E-state index is 11.3. The number of hydrogen-bond donors (Lipinski definition) is 1. The van der Waals surface area contributed by atoms with Gasteiger partial charge in [-0.15, -0.1) is 0 Å². The van der Waals surface area contributed by atoms with E-state index in [0.29, 0.717) is 28.8 Å². The van der Waals surface area contributed by atoms with Crippen LogP contribution in [0.25, 0.3) is 0 Å². The summed E-state index contributed by atoms with van der Waals surface area (Å²) in [5, 5.41) is 3.95. The van der Waals surface area contributed by atoms with Gasteiger partial charge >= 0.3 is 5.97 Å². The predicted octanol–water partition coefficient (Wildman–Crippen LogP) is 3.52. The second kappa shape index (κ2) is 6.52. The van der Waals surface area contributed by atoms with Gasteiger partial charge in [0.05, 0.1) is 16.7 Å². The monoisotopic (exact) mass is 273 g/mol. The largest absolute Gasteiger partial charge is 0.463 e. The molecular formula is C12H13Cl2NO2. The molecule has 0 aromatic heterocycles. The number of anilines is 1. The molecule has 0 fully saturated rings. The maximum Gasteiger partial charge on any atom is 0.335 e. The highest BCUT2D eigenvalue weighted by Gasteiger charge is 2.07. The second-order valence-electron chi connectivity index (χ2n) is 3.31. The summed E-state index contributed by atoms with van der Waals surface area (Å²) in [6, 6.07) is 5.13. The van der Waals surface area contributed by atoms with Crippen LogP contribution in [0.4, 0.5) is 5.69 Å². The zero-order chi connectivity index (χ0) is 12.8. The van der Waals surface area contributed by atoms with Gasteiger partial charge in [-0.05, 0) is 25.1 Å². The lowest BCUT2D eigenvalue weighted by atomic mass is 10.2. The molecule has 0 saturated heterocycles. The fourth-order valence-corrected chi connectivity index (χ4v) is 1.42. The normalized spacial score (nSPS) is 9.82. The lowest BCUT2D eigenvalue weighted by molar-refractivity contribution is -0.138. The Morgan fingerprint density at radius 3 is 2.71 bits per heavy atom. The van der Waals surface area contributed by atoms with Gasteiger partial charge in [0.2, 0.25) is 0 Å². The average molecular weight is 274 g/mol. The number of ether oxygens (including phenoxy) is 1. The van der Waals surface area contributed by atoms with Crippen LogP contribution in [0.5, 0.6) is 0 Å². The van der Waals surface area contributed by atoms with Gasteiger partial charge in [-0.2, -0.15) is 0 Å². The van der Waals surface area contributed by atoms with Crippen molar-refractivity contribution in [1.29, 1.82) is 0 Å². The Labute approximate surface area is 110 Å². The molecule has 0 aliphatic heterocycles. The van der Waals surface area contributed by atoms with Crippen molar-refractivity contribution in [2.75, 3.05) is 18.5 Å². The summed E-state index contributed by atoms with van der Waals surface area (Å²) in [5.41, 5.74) is 1.13. The third kappa shape index (κ3) is 4.29. The van der Waals surface area contributed by atoms with Crippen LogP contribution in [-0.2, 0) is 9.53 Å². The first kappa shape index (κ1) is 13.9. The molecule has 0 aliphatic rings. The summed E-state index contributed by atoms with van der Waals surface area (Å²) >= 11 is 11.6. The van der Waals surface area contributed by atoms with E-state index in [1.54, 1.807) is 25.1 Å². The molecule has 1 rings (SSSR count). The summed E-state index contributed by atoms with van der Waals surface area (Å²) in [7, 11) is 0. The van der Waals surface area contributed by atoms with Gasteiger partial charge in [-0.3, -0.25) is 0 Å². The summed E-state index contributed by atoms with van der Waals surface area (Å²) in [4.78, 5) is 11.3. The van der Waals surface area contributed by atoms with Crippen molar-refractivity contribution in [2.45, 2.75) is 6.92 Å². The molecule has 0 aliphatic carbocycles. The van der Waals surface area contributed by atoms with E-state index < -0.39 is 5.97 Å². The van der Waals surface area contributed by atoms with E-state index in [2.05, 4.69) is 11.9 Å². The third-order valence-electron chi connectivity index (χ3n) is 1.99. The molecule has 0 amide bonds. The number of nitrogens with one attached hydrogen (secondary N) is 1. The van der Waals surface area contributed by atoms with Crippen molar-refractivity contribution in [3.63, 3.8) is 0 Å². The molecule has 0 heterocycles. The zero-order valence-electron chi connectivity index (χ0n) is 9.43. The minimum absolute atomic E-state index is 0.302. The SMILES string of the molecule is C=C(CNc1ccc(Cl)c(Cl)c1)C(=O)OCC. The molecule has 1 aromatic carbocycles. The van der Waals surface area contributed by atoms with Gasteiger partial charge in [0.1, 0.15) is 0 Å². The van der Waals surface area contributed by atoms with Crippen LogP contribution >= 0.6 is 23.2 Å². The number of hydrogen-bond acceptors (Lipinski definition) is 3. The topological polar surface area (TPSA) is 38.3 Å². The number of halogens is 2. The van der Waals surface area contributed by atoms with Crippen molar-refractivity contribution >= 4 is 34.9 Å². The summed E-state index contributed by atoms with van der Waals surface area (Å²) in [6.45, 7) is 6.02. The second-order valence-corrected chi connectivity index (χ2v) is 4.12. The molecule has 0 radical (unpaired) electrons. The van der Waals surface area contributed by atoms with Crippen LogP contribution in [-0.4, -0.2) is 19.1 Å². The highest BCUT2D eigenvalue weighted by atomic mass is 35.5. The van der Waals surface area contributed by atoms with Crippen LogP contribution in [0.1, 0.15) is 6.92 Å². The minimum atomic E-state index is -0.403. The molecule has 0 saturated carbocycles. The van der Waals surface area contributed by atoms with Gasteiger partial charge in [-0.25, -0.2) is 4.79 Å². The van der Waals surface area contributed by atoms with E-state index in [9.17, 15) is 4.79 Å². The van der Waals surface area contributed by atoms with Gasteiger partial charge < -0.3 is 10.1 Å². The molecule has 0 bridgehead atoms. The zero-order valence-corrected chi connectivity index (χ0v) is 10.9. The van der Waals surface area contributed by atoms with E-state index >= 15 is 0 Å². The van der Waals surface area contributed by atoms with Crippen molar-refractivity contribution in [1.82, 2.24) is 0 Å². The molecule has 92 valence electrons. The average Bonchev–Trinajstić information content (AvgIpc) is 2.30. The smallest absolute Gasteiger partial charge is 0.335 e. The van der Waals surface area contributed by atoms with Crippen LogP contribution in [0.15, 0.2) is 30.4 Å². The molecule has 0 atom stereocenters. The van der Waals surface area contributed by atoms with Crippen LogP contribution < -0.4 is 5.32 Å². The van der Waals surface area contributed by atoms with E-state index in [-0.39, 0.29) is 0 Å². The molecule has 1 N–H and O–H groups in total. The van der Waals surface area contributed by atoms with E-state index in [0.717, 1.165) is 5.69 Å². The Balaban J connectivity index is 2.53. The maximum absolute atomic E-state index is 11.3. The van der Waals surface area contributed by atoms with Crippen molar-refractivity contribution in [2.24, 2.45) is 0 Å². The first-order valence-electron chi connectivity index (χ1n) is 5.08. The van der Waals surface area contributed by atoms with Gasteiger partial charge in [0.15, 0.2) is 0 Å². The van der Waals surface area contributed by atoms with Crippen molar-refractivity contribution < 1.29 is 9.53 Å². The minimum Gasteiger partial charge on any atom is -0.463 e. The van der Waals surface area contributed by atoms with Crippen LogP contribution in [0.2, 0.25) is 10.0 Å². The number of esters is 1. The fourth-order valence-electron chi connectivity index (χ4n) is 1.12. The Bertz CT molecular complexity index is 433. The van der Waals surface area contributed by atoms with E-state index in [1.165, 1.54) is 0 Å². The molecular weight excluding hydrogens is 261 g/mol. The predicted molar refractivity (Wildman–Crippen MR) is 70.7 cm³/mol. The lowest BCUT2D eigenvalue weighted by Crippen LogP contribution is -2.14. The number of carbonyl (C=O) groups excluding carboxylic acids is 1. The molecule has 17 heavy (non-hydrogen) atoms. The van der Waals surface area contributed by atoms with Gasteiger partial charge in [0, 0.05) is 17.8 Å². The van der Waals surface area contributed by atoms with Gasteiger partial charge in [-0.1, -0.05) is 29.8 Å². The summed E-state index contributed by atoms with van der Waals surface area (Å²) < 4.78 is 4.81. The molecule has 3 nitrogen and oxygen atoms in total. The quantitative estimate of drug-likeness (QED) is 0.659. The Morgan fingerprint density at radius 1 is 1.41 bits per heavy atom. The Morgan fingerprint density at radius 2 is 2.12 bits per heavy atom. The first-order valence-corrected chi connectivity index (χ1v) is 5.84. The standard InChI is InChI=1S/C12H13Cl2NO2/c1-3-17-12(16)8(2)7-15-9-4-5-10(13)11(14)6-9/h4-6,15H,2-3,7H2,1H3. The molecule has 0 spiro atoms. The fraction of sp³-hybridized carbons (Fsp3) is 0.250. The van der Waals surface area contributed by atoms with Crippen LogP contribution in [0.3, 0.4) is 0 Å². The Hall–Kier alpha value is -1.19. The number of benzene rings is 1. The highest BCUT2D eigenvalue weighted by Crippen LogP contribution is 2.24. The number of rotatable bonds is 5. The third-order valence-corrected chi connectivity index (χ3v) is 2.73. The number of carbonyl (C=O) groups is 1. The summed E-state index contributed by atoms with van der Waals surface area (Å²) in [6.07, 6.45) is 0. The lowest BCUT2D eigenvalue weighted by Gasteiger charge is -2.09. The summed E-state index contributed by atoms with van der Waals surface area (Å²) in [5.74, 6) is -0.403. The molecule has 0 unspecified atom stereocenters. The first-order chi connectivity index (χ1) is 8.04. The van der Waals surface area contributed by atoms with Gasteiger partial charge in [0.25, 0.3) is 0 Å². The van der Waals surface area contributed by atoms with E-state index in [1.807, 2.05) is 0 Å². The van der Waals surface area contributed by atoms with Crippen molar-refractivity contribution in [3.8, 4) is 0 Å².